The summed E-state index contributed by atoms with van der Waals surface area (Å²) in [5.74, 6) is -1.54. The van der Waals surface area contributed by atoms with Gasteiger partial charge in [-0.1, -0.05) is 42.5 Å². The molecule has 0 aliphatic rings. The Balaban J connectivity index is 1.57. The molecule has 1 heterocycles. The largest absolute Gasteiger partial charge is 0.478 e. The number of rotatable bonds is 6. The zero-order valence-electron chi connectivity index (χ0n) is 16.4. The lowest BCUT2D eigenvalue weighted by atomic mass is 10.0. The minimum absolute atomic E-state index is 0.138. The molecule has 154 valence electrons. The van der Waals surface area contributed by atoms with E-state index in [-0.39, 0.29) is 35.0 Å². The molecule has 0 aliphatic heterocycles. The molecule has 4 rings (SSSR count). The summed E-state index contributed by atoms with van der Waals surface area (Å²) in [6.45, 7) is 0.138. The number of aromatic carboxylic acids is 1. The highest BCUT2D eigenvalue weighted by Crippen LogP contribution is 2.17. The molecule has 31 heavy (non-hydrogen) atoms. The fourth-order valence-electron chi connectivity index (χ4n) is 3.21. The van der Waals surface area contributed by atoms with Crippen molar-refractivity contribution in [1.29, 1.82) is 0 Å². The lowest BCUT2D eigenvalue weighted by Crippen LogP contribution is -2.11. The number of fused-ring (bicyclic) bond motifs is 1. The number of carboxylic acid groups (broad SMARTS) is 1. The molecule has 6 nitrogen and oxygen atoms in total. The molecule has 0 fully saturated rings. The smallest absolute Gasteiger partial charge is 0.338 e. The van der Waals surface area contributed by atoms with Crippen LogP contribution in [0.5, 0.6) is 0 Å². The van der Waals surface area contributed by atoms with Crippen LogP contribution >= 0.6 is 0 Å². The Morgan fingerprint density at radius 2 is 1.58 bits per heavy atom. The van der Waals surface area contributed by atoms with Gasteiger partial charge in [0.1, 0.15) is 12.2 Å². The van der Waals surface area contributed by atoms with E-state index in [0.717, 1.165) is 11.1 Å². The van der Waals surface area contributed by atoms with Crippen molar-refractivity contribution >= 4 is 22.9 Å². The Morgan fingerprint density at radius 1 is 0.871 bits per heavy atom. The first-order valence-corrected chi connectivity index (χ1v) is 9.59. The van der Waals surface area contributed by atoms with Crippen molar-refractivity contribution in [2.24, 2.45) is 0 Å². The minimum Gasteiger partial charge on any atom is -0.478 e. The first-order valence-electron chi connectivity index (χ1n) is 9.59. The zero-order chi connectivity index (χ0) is 21.8. The average Bonchev–Trinajstić information content (AvgIpc) is 2.80. The third-order valence-electron chi connectivity index (χ3n) is 4.89. The number of benzene rings is 3. The second-order valence-corrected chi connectivity index (χ2v) is 7.04. The fourth-order valence-corrected chi connectivity index (χ4v) is 3.21. The predicted octanol–water partition coefficient (Wildman–Crippen LogP) is 4.44. The zero-order valence-corrected chi connectivity index (χ0v) is 16.4. The molecule has 6 heteroatoms. The van der Waals surface area contributed by atoms with E-state index in [1.165, 1.54) is 24.5 Å². The third-order valence-corrected chi connectivity index (χ3v) is 4.89. The number of hydrogen-bond donors (Lipinski definition) is 1. The van der Waals surface area contributed by atoms with Crippen LogP contribution in [0.15, 0.2) is 88.3 Å². The summed E-state index contributed by atoms with van der Waals surface area (Å²) in [5, 5.41) is 9.28. The Morgan fingerprint density at radius 3 is 2.29 bits per heavy atom. The molecule has 3 aromatic carbocycles. The Hall–Kier alpha value is -4.19. The lowest BCUT2D eigenvalue weighted by Gasteiger charge is -2.07. The monoisotopic (exact) mass is 414 g/mol. The molecule has 0 bridgehead atoms. The molecule has 0 amide bonds. The van der Waals surface area contributed by atoms with Crippen LogP contribution in [0.25, 0.3) is 11.0 Å². The van der Waals surface area contributed by atoms with Crippen molar-refractivity contribution in [3.8, 4) is 0 Å². The highest BCUT2D eigenvalue weighted by Gasteiger charge is 2.13. The van der Waals surface area contributed by atoms with Gasteiger partial charge in [-0.05, 0) is 41.5 Å². The SMILES string of the molecule is O=C(O)c1ccc(Cc2coc3ccc(C(=O)OCc4ccccc4)cc3c2=O)cc1. The van der Waals surface area contributed by atoms with Crippen LogP contribution in [0.3, 0.4) is 0 Å². The van der Waals surface area contributed by atoms with E-state index in [9.17, 15) is 14.4 Å². The molecule has 0 atom stereocenters. The molecule has 0 saturated carbocycles. The van der Waals surface area contributed by atoms with Gasteiger partial charge >= 0.3 is 11.9 Å². The lowest BCUT2D eigenvalue weighted by molar-refractivity contribution is 0.0472. The molecule has 0 saturated heterocycles. The van der Waals surface area contributed by atoms with Crippen LogP contribution in [0.1, 0.15) is 37.4 Å². The first kappa shape index (κ1) is 20.1. The second-order valence-electron chi connectivity index (χ2n) is 7.04. The molecule has 1 aromatic heterocycles. The average molecular weight is 414 g/mol. The Labute approximate surface area is 177 Å². The Bertz CT molecular complexity index is 1300. The highest BCUT2D eigenvalue weighted by atomic mass is 16.5. The predicted molar refractivity (Wildman–Crippen MR) is 114 cm³/mol. The van der Waals surface area contributed by atoms with Gasteiger partial charge in [-0.25, -0.2) is 9.59 Å². The van der Waals surface area contributed by atoms with E-state index in [4.69, 9.17) is 14.3 Å². The van der Waals surface area contributed by atoms with Crippen molar-refractivity contribution in [1.82, 2.24) is 0 Å². The molecule has 0 aliphatic carbocycles. The maximum atomic E-state index is 13.0. The van der Waals surface area contributed by atoms with Crippen molar-refractivity contribution < 1.29 is 23.8 Å². The van der Waals surface area contributed by atoms with Gasteiger partial charge in [0.05, 0.1) is 22.8 Å². The summed E-state index contributed by atoms with van der Waals surface area (Å²) >= 11 is 0. The highest BCUT2D eigenvalue weighted by molar-refractivity contribution is 5.94. The van der Waals surface area contributed by atoms with Crippen molar-refractivity contribution in [2.45, 2.75) is 13.0 Å². The summed E-state index contributed by atoms with van der Waals surface area (Å²) in [5.41, 5.74) is 2.61. The fraction of sp³-hybridized carbons (Fsp3) is 0.0800. The van der Waals surface area contributed by atoms with E-state index < -0.39 is 11.9 Å². The molecule has 0 spiro atoms. The van der Waals surface area contributed by atoms with Gasteiger partial charge < -0.3 is 14.3 Å². The van der Waals surface area contributed by atoms with Crippen LogP contribution in [0.2, 0.25) is 0 Å². The Kier molecular flexibility index (Phi) is 5.62. The summed E-state index contributed by atoms with van der Waals surface area (Å²) in [6, 6.07) is 20.2. The molecule has 0 radical (unpaired) electrons. The maximum absolute atomic E-state index is 13.0. The first-order chi connectivity index (χ1) is 15.0. The summed E-state index contributed by atoms with van der Waals surface area (Å²) in [6.07, 6.45) is 1.67. The van der Waals surface area contributed by atoms with Gasteiger partial charge in [0.25, 0.3) is 0 Å². The summed E-state index contributed by atoms with van der Waals surface area (Å²) in [7, 11) is 0. The van der Waals surface area contributed by atoms with Crippen molar-refractivity contribution in [3.63, 3.8) is 0 Å². The molecular formula is C25H18O6. The third kappa shape index (κ3) is 4.53. The van der Waals surface area contributed by atoms with Crippen molar-refractivity contribution in [2.75, 3.05) is 0 Å². The van der Waals surface area contributed by atoms with Gasteiger partial charge in [-0.3, -0.25) is 4.79 Å². The van der Waals surface area contributed by atoms with E-state index in [1.807, 2.05) is 30.3 Å². The van der Waals surface area contributed by atoms with Gasteiger partial charge in [0, 0.05) is 12.0 Å². The van der Waals surface area contributed by atoms with E-state index in [1.54, 1.807) is 24.3 Å². The minimum atomic E-state index is -1.01. The van der Waals surface area contributed by atoms with E-state index in [2.05, 4.69) is 0 Å². The van der Waals surface area contributed by atoms with Crippen LogP contribution in [0.4, 0.5) is 0 Å². The maximum Gasteiger partial charge on any atom is 0.338 e. The topological polar surface area (TPSA) is 93.8 Å². The van der Waals surface area contributed by atoms with E-state index in [0.29, 0.717) is 11.1 Å². The molecule has 0 unspecified atom stereocenters. The van der Waals surface area contributed by atoms with Gasteiger partial charge in [0.2, 0.25) is 0 Å². The van der Waals surface area contributed by atoms with Crippen LogP contribution in [-0.4, -0.2) is 17.0 Å². The number of carboxylic acids is 1. The van der Waals surface area contributed by atoms with Crippen molar-refractivity contribution in [3.05, 3.63) is 117 Å². The number of carbonyl (C=O) groups excluding carboxylic acids is 1. The van der Waals surface area contributed by atoms with Crippen LogP contribution < -0.4 is 5.43 Å². The number of esters is 1. The number of hydrogen-bond acceptors (Lipinski definition) is 5. The number of carbonyl (C=O) groups is 2. The second kappa shape index (κ2) is 8.67. The molecular weight excluding hydrogens is 396 g/mol. The summed E-state index contributed by atoms with van der Waals surface area (Å²) < 4.78 is 10.9. The van der Waals surface area contributed by atoms with Gasteiger partial charge in [-0.15, -0.1) is 0 Å². The molecule has 4 aromatic rings. The standard InChI is InChI=1S/C25H18O6/c26-23-20(12-16-6-8-18(9-7-16)24(27)28)15-30-22-11-10-19(13-21(22)23)25(29)31-14-17-4-2-1-3-5-17/h1-11,13,15H,12,14H2,(H,27,28). The normalized spacial score (nSPS) is 10.7. The number of ether oxygens (including phenoxy) is 1. The van der Waals surface area contributed by atoms with Gasteiger partial charge in [0.15, 0.2) is 5.43 Å². The van der Waals surface area contributed by atoms with Crippen LogP contribution in [0, 0.1) is 0 Å². The molecule has 1 N–H and O–H groups in total. The quantitative estimate of drug-likeness (QED) is 0.469. The summed E-state index contributed by atoms with van der Waals surface area (Å²) in [4.78, 5) is 36.4. The van der Waals surface area contributed by atoms with Gasteiger partial charge in [-0.2, -0.15) is 0 Å². The van der Waals surface area contributed by atoms with E-state index >= 15 is 0 Å². The van der Waals surface area contributed by atoms with Crippen LogP contribution in [-0.2, 0) is 17.8 Å².